The quantitative estimate of drug-likeness (QED) is 0.689. The lowest BCUT2D eigenvalue weighted by molar-refractivity contribution is 0.00777. The zero-order valence-electron chi connectivity index (χ0n) is 10.7. The van der Waals surface area contributed by atoms with Gasteiger partial charge in [-0.15, -0.1) is 0 Å². The lowest BCUT2D eigenvalue weighted by Gasteiger charge is -2.11. The summed E-state index contributed by atoms with van der Waals surface area (Å²) in [6, 6.07) is 18.1. The monoisotopic (exact) mass is 258 g/mol. The van der Waals surface area contributed by atoms with Crippen LogP contribution in [-0.2, 0) is 0 Å². The van der Waals surface area contributed by atoms with Crippen LogP contribution in [0, 0.1) is 0 Å². The maximum atomic E-state index is 13.2. The summed E-state index contributed by atoms with van der Waals surface area (Å²) in [5.74, 6) is -2.46. The average Bonchev–Trinajstić information content (AvgIpc) is 2.80. The molecule has 2 aromatic carbocycles. The molecule has 98 valence electrons. The Kier molecular flexibility index (Phi) is 3.09. The molecule has 19 heavy (non-hydrogen) atoms. The molecule has 0 nitrogen and oxygen atoms in total. The summed E-state index contributed by atoms with van der Waals surface area (Å²) in [6.45, 7) is 0. The van der Waals surface area contributed by atoms with E-state index in [-0.39, 0.29) is 18.8 Å². The third-order valence-corrected chi connectivity index (χ3v) is 3.89. The highest BCUT2D eigenvalue weighted by molar-refractivity contribution is 5.63. The third kappa shape index (κ3) is 2.67. The van der Waals surface area contributed by atoms with E-state index in [0.29, 0.717) is 6.42 Å². The predicted octanol–water partition coefficient (Wildman–Crippen LogP) is 5.26. The number of alkyl halides is 2. The van der Waals surface area contributed by atoms with Gasteiger partial charge in [-0.25, -0.2) is 8.78 Å². The highest BCUT2D eigenvalue weighted by Crippen LogP contribution is 2.44. The van der Waals surface area contributed by atoms with E-state index in [1.165, 1.54) is 0 Å². The van der Waals surface area contributed by atoms with E-state index in [0.717, 1.165) is 16.7 Å². The molecule has 0 radical (unpaired) electrons. The normalized spacial score (nSPS) is 21.5. The van der Waals surface area contributed by atoms with E-state index in [9.17, 15) is 8.78 Å². The molecule has 1 unspecified atom stereocenters. The van der Waals surface area contributed by atoms with Crippen LogP contribution in [0.4, 0.5) is 8.78 Å². The Morgan fingerprint density at radius 3 is 2.05 bits per heavy atom. The fourth-order valence-corrected chi connectivity index (χ4v) is 2.81. The molecule has 2 aromatic rings. The molecule has 0 N–H and O–H groups in total. The van der Waals surface area contributed by atoms with E-state index < -0.39 is 5.92 Å². The second-order valence-corrected chi connectivity index (χ2v) is 5.28. The number of halogens is 2. The van der Waals surface area contributed by atoms with Crippen molar-refractivity contribution in [3.63, 3.8) is 0 Å². The molecule has 1 atom stereocenters. The Labute approximate surface area is 112 Å². The fraction of sp³-hybridized carbons (Fsp3) is 0.294. The van der Waals surface area contributed by atoms with Crippen LogP contribution in [0.2, 0.25) is 0 Å². The Morgan fingerprint density at radius 1 is 0.842 bits per heavy atom. The molecule has 0 bridgehead atoms. The van der Waals surface area contributed by atoms with E-state index in [1.807, 2.05) is 42.5 Å². The fourth-order valence-electron chi connectivity index (χ4n) is 2.81. The highest BCUT2D eigenvalue weighted by atomic mass is 19.3. The first-order valence-corrected chi connectivity index (χ1v) is 6.67. The van der Waals surface area contributed by atoms with E-state index in [2.05, 4.69) is 12.1 Å². The van der Waals surface area contributed by atoms with Crippen LogP contribution in [0.3, 0.4) is 0 Å². The minimum atomic E-state index is -2.47. The first kappa shape index (κ1) is 12.3. The lowest BCUT2D eigenvalue weighted by atomic mass is 9.95. The van der Waals surface area contributed by atoms with Crippen LogP contribution in [0.25, 0.3) is 11.1 Å². The summed E-state index contributed by atoms with van der Waals surface area (Å²) in [4.78, 5) is 0. The molecule has 0 aliphatic heterocycles. The van der Waals surface area contributed by atoms with Crippen LogP contribution >= 0.6 is 0 Å². The van der Waals surface area contributed by atoms with E-state index in [1.54, 1.807) is 0 Å². The van der Waals surface area contributed by atoms with Crippen molar-refractivity contribution >= 4 is 0 Å². The van der Waals surface area contributed by atoms with Crippen molar-refractivity contribution < 1.29 is 8.78 Å². The summed E-state index contributed by atoms with van der Waals surface area (Å²) >= 11 is 0. The number of hydrogen-bond donors (Lipinski definition) is 0. The van der Waals surface area contributed by atoms with Gasteiger partial charge in [-0.1, -0.05) is 54.6 Å². The van der Waals surface area contributed by atoms with Gasteiger partial charge in [0.2, 0.25) is 5.92 Å². The molecule has 0 saturated heterocycles. The molecule has 1 fully saturated rings. The molecule has 2 heteroatoms. The van der Waals surface area contributed by atoms with Gasteiger partial charge in [0.25, 0.3) is 0 Å². The zero-order chi connectivity index (χ0) is 13.3. The van der Waals surface area contributed by atoms with Gasteiger partial charge in [-0.3, -0.25) is 0 Å². The van der Waals surface area contributed by atoms with Crippen LogP contribution in [0.15, 0.2) is 54.6 Å². The van der Waals surface area contributed by atoms with Gasteiger partial charge >= 0.3 is 0 Å². The van der Waals surface area contributed by atoms with Crippen molar-refractivity contribution in [1.29, 1.82) is 0 Å². The van der Waals surface area contributed by atoms with Crippen LogP contribution in [0.5, 0.6) is 0 Å². The first-order valence-electron chi connectivity index (χ1n) is 6.67. The van der Waals surface area contributed by atoms with Crippen molar-refractivity contribution in [2.24, 2.45) is 0 Å². The maximum Gasteiger partial charge on any atom is 0.248 e. The lowest BCUT2D eigenvalue weighted by Crippen LogP contribution is -2.09. The molecule has 0 heterocycles. The highest BCUT2D eigenvalue weighted by Gasteiger charge is 2.39. The molecule has 0 aromatic heterocycles. The Balaban J connectivity index is 1.80. The van der Waals surface area contributed by atoms with Crippen molar-refractivity contribution in [3.8, 4) is 11.1 Å². The zero-order valence-corrected chi connectivity index (χ0v) is 10.7. The Hall–Kier alpha value is -1.70. The van der Waals surface area contributed by atoms with Crippen molar-refractivity contribution in [2.45, 2.75) is 31.1 Å². The largest absolute Gasteiger partial charge is 0.248 e. The van der Waals surface area contributed by atoms with Gasteiger partial charge < -0.3 is 0 Å². The summed E-state index contributed by atoms with van der Waals surface area (Å²) in [5, 5.41) is 0. The van der Waals surface area contributed by atoms with E-state index in [4.69, 9.17) is 0 Å². The van der Waals surface area contributed by atoms with Gasteiger partial charge in [-0.05, 0) is 29.0 Å². The van der Waals surface area contributed by atoms with E-state index >= 15 is 0 Å². The van der Waals surface area contributed by atoms with Gasteiger partial charge in [-0.2, -0.15) is 0 Å². The molecule has 0 amide bonds. The third-order valence-electron chi connectivity index (χ3n) is 3.89. The maximum absolute atomic E-state index is 13.2. The number of rotatable bonds is 2. The Morgan fingerprint density at radius 2 is 1.47 bits per heavy atom. The molecule has 1 saturated carbocycles. The molecule has 3 rings (SSSR count). The summed E-state index contributed by atoms with van der Waals surface area (Å²) in [5.41, 5.74) is 3.33. The topological polar surface area (TPSA) is 0 Å². The minimum Gasteiger partial charge on any atom is -0.207 e. The number of benzene rings is 2. The summed E-state index contributed by atoms with van der Waals surface area (Å²) < 4.78 is 26.4. The van der Waals surface area contributed by atoms with Gasteiger partial charge in [0.15, 0.2) is 0 Å². The molecular weight excluding hydrogens is 242 g/mol. The van der Waals surface area contributed by atoms with Crippen LogP contribution in [0.1, 0.15) is 30.7 Å². The average molecular weight is 258 g/mol. The molecule has 1 aliphatic rings. The van der Waals surface area contributed by atoms with Crippen molar-refractivity contribution in [3.05, 3.63) is 60.2 Å². The second-order valence-electron chi connectivity index (χ2n) is 5.28. The molecule has 0 spiro atoms. The number of hydrogen-bond acceptors (Lipinski definition) is 0. The van der Waals surface area contributed by atoms with Crippen LogP contribution in [-0.4, -0.2) is 5.92 Å². The van der Waals surface area contributed by atoms with Gasteiger partial charge in [0.1, 0.15) is 0 Å². The van der Waals surface area contributed by atoms with Gasteiger partial charge in [0.05, 0.1) is 0 Å². The van der Waals surface area contributed by atoms with Crippen molar-refractivity contribution in [1.82, 2.24) is 0 Å². The first-order chi connectivity index (χ1) is 9.14. The minimum absolute atomic E-state index is 0.00230. The Bertz CT molecular complexity index is 543. The smallest absolute Gasteiger partial charge is 0.207 e. The SMILES string of the molecule is FC1(F)CCC(c2ccc(-c3ccccc3)cc2)C1. The second kappa shape index (κ2) is 4.76. The standard InChI is InChI=1S/C17H16F2/c18-17(19)11-10-16(12-17)15-8-6-14(7-9-15)13-4-2-1-3-5-13/h1-9,16H,10-12H2. The van der Waals surface area contributed by atoms with Crippen LogP contribution < -0.4 is 0 Å². The summed E-state index contributed by atoms with van der Waals surface area (Å²) in [7, 11) is 0. The summed E-state index contributed by atoms with van der Waals surface area (Å²) in [6.07, 6.45) is 0.619. The predicted molar refractivity (Wildman–Crippen MR) is 73.4 cm³/mol. The van der Waals surface area contributed by atoms with Gasteiger partial charge in [0, 0.05) is 12.8 Å². The molecule has 1 aliphatic carbocycles. The van der Waals surface area contributed by atoms with Crippen molar-refractivity contribution in [2.75, 3.05) is 0 Å². The molecular formula is C17H16F2.